The highest BCUT2D eigenvalue weighted by Gasteiger charge is 2.20. The Hall–Kier alpha value is -1.27. The van der Waals surface area contributed by atoms with E-state index in [4.69, 9.17) is 16.0 Å². The fourth-order valence-electron chi connectivity index (χ4n) is 1.26. The van der Waals surface area contributed by atoms with Gasteiger partial charge in [0.15, 0.2) is 0 Å². The molecule has 0 heterocycles. The summed E-state index contributed by atoms with van der Waals surface area (Å²) in [6.45, 7) is 3.30. The van der Waals surface area contributed by atoms with Gasteiger partial charge in [-0.1, -0.05) is 6.07 Å². The van der Waals surface area contributed by atoms with Crippen molar-refractivity contribution in [1.29, 1.82) is 0 Å². The van der Waals surface area contributed by atoms with Crippen molar-refractivity contribution in [1.82, 2.24) is 0 Å². The van der Waals surface area contributed by atoms with Gasteiger partial charge in [0.1, 0.15) is 4.90 Å². The number of anilines is 2. The molecule has 0 aliphatic rings. The Morgan fingerprint density at radius 3 is 1.79 bits per heavy atom. The minimum absolute atomic E-state index is 0.00407. The Balaban J connectivity index is 3.74. The van der Waals surface area contributed by atoms with Crippen LogP contribution >= 0.6 is 0 Å². The van der Waals surface area contributed by atoms with Crippen molar-refractivity contribution < 1.29 is 13.0 Å². The molecule has 6 heteroatoms. The van der Waals surface area contributed by atoms with Gasteiger partial charge in [-0.05, 0) is 25.0 Å². The zero-order valence-corrected chi connectivity index (χ0v) is 8.72. The first-order valence-corrected chi connectivity index (χ1v) is 5.31. The molecule has 0 atom stereocenters. The van der Waals surface area contributed by atoms with Crippen LogP contribution < -0.4 is 11.5 Å². The van der Waals surface area contributed by atoms with E-state index in [0.717, 1.165) is 0 Å². The summed E-state index contributed by atoms with van der Waals surface area (Å²) in [5, 5.41) is 0. The zero-order valence-electron chi connectivity index (χ0n) is 7.90. The molecular formula is C8H12N2O3S. The number of rotatable bonds is 1. The van der Waals surface area contributed by atoms with Crippen LogP contribution in [0.5, 0.6) is 0 Å². The van der Waals surface area contributed by atoms with Crippen molar-refractivity contribution in [2.45, 2.75) is 18.7 Å². The van der Waals surface area contributed by atoms with Crippen molar-refractivity contribution in [2.24, 2.45) is 0 Å². The second kappa shape index (κ2) is 3.14. The Bertz CT molecular complexity index is 454. The van der Waals surface area contributed by atoms with Crippen LogP contribution in [-0.4, -0.2) is 13.0 Å². The highest BCUT2D eigenvalue weighted by molar-refractivity contribution is 7.86. The molecule has 1 rings (SSSR count). The standard InChI is InChI=1S/C8H12N2O3S/c1-4-3-5(2)7(10)8(6(4)9)14(11,12)13/h3H,9-10H2,1-2H3,(H,11,12,13). The maximum Gasteiger partial charge on any atom is 0.298 e. The Morgan fingerprint density at radius 1 is 1.14 bits per heavy atom. The number of hydrogen-bond acceptors (Lipinski definition) is 4. The molecule has 0 bridgehead atoms. The molecule has 5 nitrogen and oxygen atoms in total. The molecule has 0 saturated carbocycles. The second-order valence-electron chi connectivity index (χ2n) is 3.14. The average Bonchev–Trinajstić information content (AvgIpc) is 1.98. The molecule has 0 aliphatic heterocycles. The van der Waals surface area contributed by atoms with Gasteiger partial charge in [-0.2, -0.15) is 8.42 Å². The molecule has 5 N–H and O–H groups in total. The van der Waals surface area contributed by atoms with E-state index in [2.05, 4.69) is 0 Å². The van der Waals surface area contributed by atoms with Gasteiger partial charge in [-0.15, -0.1) is 0 Å². The molecule has 0 aliphatic carbocycles. The lowest BCUT2D eigenvalue weighted by molar-refractivity contribution is 0.484. The number of nitrogen functional groups attached to an aromatic ring is 2. The molecule has 0 aromatic heterocycles. The molecule has 0 radical (unpaired) electrons. The smallest absolute Gasteiger partial charge is 0.298 e. The van der Waals surface area contributed by atoms with Crippen molar-refractivity contribution in [3.63, 3.8) is 0 Å². The van der Waals surface area contributed by atoms with Crippen LogP contribution in [0.25, 0.3) is 0 Å². The van der Waals surface area contributed by atoms with Crippen LogP contribution in [0.2, 0.25) is 0 Å². The summed E-state index contributed by atoms with van der Waals surface area (Å²) >= 11 is 0. The minimum atomic E-state index is -4.36. The minimum Gasteiger partial charge on any atom is -0.397 e. The van der Waals surface area contributed by atoms with Crippen molar-refractivity contribution in [2.75, 3.05) is 11.5 Å². The van der Waals surface area contributed by atoms with E-state index >= 15 is 0 Å². The van der Waals surface area contributed by atoms with E-state index in [0.29, 0.717) is 11.1 Å². The fraction of sp³-hybridized carbons (Fsp3) is 0.250. The number of benzene rings is 1. The Morgan fingerprint density at radius 2 is 1.50 bits per heavy atom. The molecule has 1 aromatic rings. The molecular weight excluding hydrogens is 204 g/mol. The summed E-state index contributed by atoms with van der Waals surface area (Å²) in [4.78, 5) is -0.394. The highest BCUT2D eigenvalue weighted by Crippen LogP contribution is 2.30. The first-order valence-electron chi connectivity index (χ1n) is 3.87. The molecule has 0 unspecified atom stereocenters. The van der Waals surface area contributed by atoms with Crippen molar-refractivity contribution >= 4 is 21.5 Å². The quantitative estimate of drug-likeness (QED) is 0.473. The Kier molecular flexibility index (Phi) is 2.43. The second-order valence-corrected chi connectivity index (χ2v) is 4.50. The first kappa shape index (κ1) is 10.8. The lowest BCUT2D eigenvalue weighted by Gasteiger charge is -2.11. The summed E-state index contributed by atoms with van der Waals surface area (Å²) in [5.74, 6) is 0. The monoisotopic (exact) mass is 216 g/mol. The van der Waals surface area contributed by atoms with Crippen LogP contribution in [0.1, 0.15) is 11.1 Å². The third-order valence-corrected chi connectivity index (χ3v) is 2.99. The first-order chi connectivity index (χ1) is 6.25. The number of hydrogen-bond donors (Lipinski definition) is 3. The van der Waals surface area contributed by atoms with E-state index in [1.165, 1.54) is 0 Å². The van der Waals surface area contributed by atoms with E-state index in [9.17, 15) is 8.42 Å². The summed E-state index contributed by atoms with van der Waals surface area (Å²) in [7, 11) is -4.36. The zero-order chi connectivity index (χ0) is 11.1. The summed E-state index contributed by atoms with van der Waals surface area (Å²) in [6, 6.07) is 1.67. The van der Waals surface area contributed by atoms with E-state index < -0.39 is 15.0 Å². The van der Waals surface area contributed by atoms with Crippen LogP contribution in [0.4, 0.5) is 11.4 Å². The topological polar surface area (TPSA) is 106 Å². The number of aryl methyl sites for hydroxylation is 2. The summed E-state index contributed by atoms with van der Waals surface area (Å²) in [6.07, 6.45) is 0. The van der Waals surface area contributed by atoms with Gasteiger partial charge in [-0.3, -0.25) is 4.55 Å². The van der Waals surface area contributed by atoms with Crippen LogP contribution in [0.3, 0.4) is 0 Å². The van der Waals surface area contributed by atoms with E-state index in [1.807, 2.05) is 0 Å². The van der Waals surface area contributed by atoms with Crippen LogP contribution in [-0.2, 0) is 10.1 Å². The SMILES string of the molecule is Cc1cc(C)c(N)c(S(=O)(=O)O)c1N. The van der Waals surface area contributed by atoms with Gasteiger partial charge < -0.3 is 11.5 Å². The van der Waals surface area contributed by atoms with Gasteiger partial charge >= 0.3 is 0 Å². The van der Waals surface area contributed by atoms with Gasteiger partial charge in [0, 0.05) is 0 Å². The number of nitrogens with two attached hydrogens (primary N) is 2. The van der Waals surface area contributed by atoms with Gasteiger partial charge in [0.05, 0.1) is 11.4 Å². The molecule has 14 heavy (non-hydrogen) atoms. The van der Waals surface area contributed by atoms with Gasteiger partial charge in [-0.25, -0.2) is 0 Å². The van der Waals surface area contributed by atoms with E-state index in [1.54, 1.807) is 19.9 Å². The predicted molar refractivity (Wildman–Crippen MR) is 54.6 cm³/mol. The third-order valence-electron chi connectivity index (χ3n) is 2.03. The lowest BCUT2D eigenvalue weighted by atomic mass is 10.1. The van der Waals surface area contributed by atoms with E-state index in [-0.39, 0.29) is 11.4 Å². The van der Waals surface area contributed by atoms with Crippen molar-refractivity contribution in [3.8, 4) is 0 Å². The highest BCUT2D eigenvalue weighted by atomic mass is 32.2. The summed E-state index contributed by atoms with van der Waals surface area (Å²) in [5.41, 5.74) is 12.2. The van der Waals surface area contributed by atoms with Gasteiger partial charge in [0.25, 0.3) is 10.1 Å². The molecule has 0 spiro atoms. The predicted octanol–water partition coefficient (Wildman–Crippen LogP) is 0.715. The third kappa shape index (κ3) is 1.66. The maximum atomic E-state index is 11.0. The molecule has 1 aromatic carbocycles. The largest absolute Gasteiger partial charge is 0.397 e. The molecule has 0 saturated heterocycles. The summed E-state index contributed by atoms with van der Waals surface area (Å²) < 4.78 is 30.9. The Labute approximate surface area is 82.5 Å². The normalized spacial score (nSPS) is 11.6. The van der Waals surface area contributed by atoms with Crippen LogP contribution in [0.15, 0.2) is 11.0 Å². The van der Waals surface area contributed by atoms with Gasteiger partial charge in [0.2, 0.25) is 0 Å². The van der Waals surface area contributed by atoms with Crippen molar-refractivity contribution in [3.05, 3.63) is 17.2 Å². The average molecular weight is 216 g/mol. The molecule has 78 valence electrons. The van der Waals surface area contributed by atoms with Crippen LogP contribution in [0, 0.1) is 13.8 Å². The lowest BCUT2D eigenvalue weighted by Crippen LogP contribution is -2.09. The maximum absolute atomic E-state index is 11.0. The molecule has 0 fully saturated rings. The fourth-order valence-corrected chi connectivity index (χ4v) is 2.14. The molecule has 0 amide bonds.